The van der Waals surface area contributed by atoms with E-state index in [1.54, 1.807) is 12.1 Å². The van der Waals surface area contributed by atoms with Gasteiger partial charge in [0, 0.05) is 22.5 Å². The average molecular weight is 242 g/mol. The SMILES string of the molecule is NCC1(c2c(F)cccc2Cl)CCCCC1. The highest BCUT2D eigenvalue weighted by molar-refractivity contribution is 6.31. The summed E-state index contributed by atoms with van der Waals surface area (Å²) in [4.78, 5) is 0. The molecule has 2 N–H and O–H groups in total. The molecule has 2 rings (SSSR count). The molecule has 88 valence electrons. The van der Waals surface area contributed by atoms with E-state index in [1.807, 2.05) is 0 Å². The van der Waals surface area contributed by atoms with Gasteiger partial charge in [-0.25, -0.2) is 4.39 Å². The largest absolute Gasteiger partial charge is 0.330 e. The Bertz CT molecular complexity index is 352. The predicted molar refractivity (Wildman–Crippen MR) is 65.2 cm³/mol. The zero-order valence-electron chi connectivity index (χ0n) is 9.31. The third-order valence-electron chi connectivity index (χ3n) is 3.69. The van der Waals surface area contributed by atoms with Crippen molar-refractivity contribution >= 4 is 11.6 Å². The Kier molecular flexibility index (Phi) is 3.50. The summed E-state index contributed by atoms with van der Waals surface area (Å²) < 4.78 is 13.9. The molecule has 0 heterocycles. The first-order chi connectivity index (χ1) is 7.69. The van der Waals surface area contributed by atoms with Crippen molar-refractivity contribution in [3.8, 4) is 0 Å². The van der Waals surface area contributed by atoms with E-state index in [-0.39, 0.29) is 11.2 Å². The zero-order chi connectivity index (χ0) is 11.6. The van der Waals surface area contributed by atoms with Gasteiger partial charge in [-0.1, -0.05) is 36.9 Å². The number of benzene rings is 1. The number of hydrogen-bond donors (Lipinski definition) is 1. The summed E-state index contributed by atoms with van der Waals surface area (Å²) in [6.45, 7) is 0.480. The minimum absolute atomic E-state index is 0.208. The summed E-state index contributed by atoms with van der Waals surface area (Å²) in [5, 5.41) is 0.521. The topological polar surface area (TPSA) is 26.0 Å². The maximum absolute atomic E-state index is 13.9. The van der Waals surface area contributed by atoms with Crippen LogP contribution in [0.5, 0.6) is 0 Å². The van der Waals surface area contributed by atoms with E-state index in [1.165, 1.54) is 12.5 Å². The number of halogens is 2. The Morgan fingerprint density at radius 3 is 2.50 bits per heavy atom. The van der Waals surface area contributed by atoms with Gasteiger partial charge in [0.05, 0.1) is 0 Å². The highest BCUT2D eigenvalue weighted by Crippen LogP contribution is 2.42. The van der Waals surface area contributed by atoms with Crippen LogP contribution in [0.2, 0.25) is 5.02 Å². The second kappa shape index (κ2) is 4.72. The van der Waals surface area contributed by atoms with Gasteiger partial charge in [0.15, 0.2) is 0 Å². The Labute approximate surface area is 101 Å². The first-order valence-corrected chi connectivity index (χ1v) is 6.22. The van der Waals surface area contributed by atoms with Crippen LogP contribution in [0.4, 0.5) is 4.39 Å². The fourth-order valence-corrected chi connectivity index (χ4v) is 3.15. The lowest BCUT2D eigenvalue weighted by Crippen LogP contribution is -2.38. The van der Waals surface area contributed by atoms with E-state index in [0.29, 0.717) is 17.1 Å². The van der Waals surface area contributed by atoms with Crippen molar-refractivity contribution in [1.29, 1.82) is 0 Å². The van der Waals surface area contributed by atoms with Crippen molar-refractivity contribution < 1.29 is 4.39 Å². The van der Waals surface area contributed by atoms with Gasteiger partial charge < -0.3 is 5.73 Å². The Morgan fingerprint density at radius 1 is 1.25 bits per heavy atom. The normalized spacial score (nSPS) is 19.7. The van der Waals surface area contributed by atoms with Gasteiger partial charge >= 0.3 is 0 Å². The molecule has 1 saturated carbocycles. The van der Waals surface area contributed by atoms with Crippen molar-refractivity contribution in [2.45, 2.75) is 37.5 Å². The quantitative estimate of drug-likeness (QED) is 0.841. The molecule has 0 atom stereocenters. The third kappa shape index (κ3) is 1.96. The first-order valence-electron chi connectivity index (χ1n) is 5.84. The van der Waals surface area contributed by atoms with Gasteiger partial charge in [0.2, 0.25) is 0 Å². The van der Waals surface area contributed by atoms with Crippen LogP contribution in [0.25, 0.3) is 0 Å². The minimum atomic E-state index is -0.235. The lowest BCUT2D eigenvalue weighted by Gasteiger charge is -2.37. The van der Waals surface area contributed by atoms with Crippen molar-refractivity contribution in [3.05, 3.63) is 34.6 Å². The molecule has 0 amide bonds. The number of rotatable bonds is 2. The maximum atomic E-state index is 13.9. The van der Waals surface area contributed by atoms with Gasteiger partial charge in [-0.15, -0.1) is 0 Å². The molecule has 0 bridgehead atoms. The molecule has 16 heavy (non-hydrogen) atoms. The summed E-state index contributed by atoms with van der Waals surface area (Å²) in [7, 11) is 0. The lowest BCUT2D eigenvalue weighted by molar-refractivity contribution is 0.292. The highest BCUT2D eigenvalue weighted by atomic mass is 35.5. The molecule has 0 unspecified atom stereocenters. The van der Waals surface area contributed by atoms with Gasteiger partial charge in [-0.3, -0.25) is 0 Å². The van der Waals surface area contributed by atoms with Crippen molar-refractivity contribution in [3.63, 3.8) is 0 Å². The van der Waals surface area contributed by atoms with Gasteiger partial charge in [-0.2, -0.15) is 0 Å². The molecule has 1 aliphatic carbocycles. The second-order valence-corrected chi connectivity index (χ2v) is 5.05. The number of nitrogens with two attached hydrogens (primary N) is 1. The zero-order valence-corrected chi connectivity index (χ0v) is 10.1. The third-order valence-corrected chi connectivity index (χ3v) is 4.01. The molecule has 1 fully saturated rings. The van der Waals surface area contributed by atoms with Gasteiger partial charge in [0.1, 0.15) is 5.82 Å². The second-order valence-electron chi connectivity index (χ2n) is 4.64. The Hall–Kier alpha value is -0.600. The lowest BCUT2D eigenvalue weighted by atomic mass is 9.69. The van der Waals surface area contributed by atoms with Crippen LogP contribution in [-0.4, -0.2) is 6.54 Å². The summed E-state index contributed by atoms with van der Waals surface area (Å²) in [6, 6.07) is 4.88. The first kappa shape index (κ1) is 11.9. The van der Waals surface area contributed by atoms with Crippen LogP contribution >= 0.6 is 11.6 Å². The molecule has 0 saturated heterocycles. The molecule has 0 aromatic heterocycles. The van der Waals surface area contributed by atoms with E-state index >= 15 is 0 Å². The monoisotopic (exact) mass is 241 g/mol. The van der Waals surface area contributed by atoms with Crippen LogP contribution in [0.3, 0.4) is 0 Å². The van der Waals surface area contributed by atoms with Crippen LogP contribution in [0.1, 0.15) is 37.7 Å². The fourth-order valence-electron chi connectivity index (χ4n) is 2.79. The van der Waals surface area contributed by atoms with E-state index < -0.39 is 0 Å². The molecular weight excluding hydrogens is 225 g/mol. The summed E-state index contributed by atoms with van der Waals surface area (Å²) in [5.41, 5.74) is 6.29. The smallest absolute Gasteiger partial charge is 0.128 e. The summed E-state index contributed by atoms with van der Waals surface area (Å²) in [5.74, 6) is -0.208. The molecule has 0 radical (unpaired) electrons. The highest BCUT2D eigenvalue weighted by Gasteiger charge is 2.36. The molecule has 1 aromatic rings. The maximum Gasteiger partial charge on any atom is 0.128 e. The summed E-state index contributed by atoms with van der Waals surface area (Å²) in [6.07, 6.45) is 5.34. The predicted octanol–water partition coefficient (Wildman–Crippen LogP) is 3.64. The van der Waals surface area contributed by atoms with Crippen LogP contribution in [0, 0.1) is 5.82 Å². The molecule has 0 spiro atoms. The summed E-state index contributed by atoms with van der Waals surface area (Å²) >= 11 is 6.14. The Morgan fingerprint density at radius 2 is 1.94 bits per heavy atom. The van der Waals surface area contributed by atoms with Crippen molar-refractivity contribution in [2.75, 3.05) is 6.54 Å². The average Bonchev–Trinajstić information content (AvgIpc) is 2.30. The Balaban J connectivity index is 2.46. The van der Waals surface area contributed by atoms with Crippen molar-refractivity contribution in [1.82, 2.24) is 0 Å². The molecule has 0 aliphatic heterocycles. The van der Waals surface area contributed by atoms with E-state index in [2.05, 4.69) is 0 Å². The fraction of sp³-hybridized carbons (Fsp3) is 0.538. The standard InChI is InChI=1S/C13H17ClFN/c14-10-5-4-6-11(15)12(10)13(9-16)7-2-1-3-8-13/h4-6H,1-3,7-9,16H2. The van der Waals surface area contributed by atoms with Crippen LogP contribution in [0.15, 0.2) is 18.2 Å². The van der Waals surface area contributed by atoms with Crippen molar-refractivity contribution in [2.24, 2.45) is 5.73 Å². The molecule has 3 heteroatoms. The molecule has 1 aromatic carbocycles. The van der Waals surface area contributed by atoms with E-state index in [0.717, 1.165) is 25.7 Å². The van der Waals surface area contributed by atoms with E-state index in [9.17, 15) is 4.39 Å². The van der Waals surface area contributed by atoms with Gasteiger partial charge in [-0.05, 0) is 25.0 Å². The molecular formula is C13H17ClFN. The van der Waals surface area contributed by atoms with Crippen LogP contribution < -0.4 is 5.73 Å². The minimum Gasteiger partial charge on any atom is -0.330 e. The molecule has 1 aliphatic rings. The number of hydrogen-bond acceptors (Lipinski definition) is 1. The van der Waals surface area contributed by atoms with Crippen LogP contribution in [-0.2, 0) is 5.41 Å². The van der Waals surface area contributed by atoms with Gasteiger partial charge in [0.25, 0.3) is 0 Å². The molecule has 1 nitrogen and oxygen atoms in total. The van der Waals surface area contributed by atoms with E-state index in [4.69, 9.17) is 17.3 Å².